The molecule has 2 amide bonds. The molecule has 10 heteroatoms. The molecule has 3 heterocycles. The van der Waals surface area contributed by atoms with Crippen molar-refractivity contribution < 1.29 is 24.2 Å². The summed E-state index contributed by atoms with van der Waals surface area (Å²) in [4.78, 5) is 55.6. The van der Waals surface area contributed by atoms with Crippen molar-refractivity contribution >= 4 is 40.9 Å². The van der Waals surface area contributed by atoms with Gasteiger partial charge in [0.2, 0.25) is 11.8 Å². The summed E-state index contributed by atoms with van der Waals surface area (Å²) >= 11 is 2.74. The lowest BCUT2D eigenvalue weighted by Gasteiger charge is -2.43. The highest BCUT2D eigenvalue weighted by Gasteiger charge is 2.69. The zero-order chi connectivity index (χ0) is 23.0. The number of nitrogens with zero attached hydrogens (tertiary/aromatic N) is 1. The molecule has 2 N–H and O–H groups in total. The maximum absolute atomic E-state index is 13.3. The van der Waals surface area contributed by atoms with Crippen molar-refractivity contribution in [3.8, 4) is 5.75 Å². The number of rotatable bonds is 4. The van der Waals surface area contributed by atoms with E-state index in [1.54, 1.807) is 30.8 Å². The number of likely N-dealkylation sites (tertiary alicyclic amines) is 1. The van der Waals surface area contributed by atoms with Gasteiger partial charge in [0.05, 0.1) is 23.5 Å². The fourth-order valence-electron chi connectivity index (χ4n) is 6.67. The van der Waals surface area contributed by atoms with Crippen LogP contribution in [0.15, 0.2) is 34.1 Å². The van der Waals surface area contributed by atoms with Gasteiger partial charge in [-0.15, -0.1) is 11.8 Å². The van der Waals surface area contributed by atoms with Crippen LogP contribution in [0, 0.1) is 29.6 Å². The molecule has 1 aromatic heterocycles. The number of para-hydroxylation sites is 1. The number of benzene rings is 1. The maximum Gasteiger partial charge on any atom is 0.326 e. The highest BCUT2D eigenvalue weighted by Crippen LogP contribution is 2.68. The minimum absolute atomic E-state index is 0.00722. The van der Waals surface area contributed by atoms with E-state index in [-0.39, 0.29) is 64.5 Å². The lowest BCUT2D eigenvalue weighted by atomic mass is 9.68. The molecule has 7 atom stereocenters. The van der Waals surface area contributed by atoms with Gasteiger partial charge in [-0.2, -0.15) is 0 Å². The van der Waals surface area contributed by atoms with Crippen LogP contribution in [0.4, 0.5) is 0 Å². The van der Waals surface area contributed by atoms with Gasteiger partial charge >= 0.3 is 10.8 Å². The number of hydrogen-bond donors (Lipinski definition) is 2. The largest absolute Gasteiger partial charge is 0.508 e. The minimum Gasteiger partial charge on any atom is -0.508 e. The molecule has 6 rings (SSSR count). The van der Waals surface area contributed by atoms with Crippen LogP contribution >= 0.6 is 23.1 Å². The first-order valence-electron chi connectivity index (χ1n) is 11.1. The number of nitrogens with one attached hydrogen (secondary N) is 1. The van der Waals surface area contributed by atoms with Crippen LogP contribution in [0.3, 0.4) is 0 Å². The van der Waals surface area contributed by atoms with Gasteiger partial charge in [0.15, 0.2) is 0 Å². The lowest BCUT2D eigenvalue weighted by Crippen LogP contribution is -2.42. The molecular formula is C23H22N2O6S2. The van der Waals surface area contributed by atoms with Gasteiger partial charge < -0.3 is 14.8 Å². The molecule has 7 unspecified atom stereocenters. The van der Waals surface area contributed by atoms with E-state index in [1.807, 2.05) is 12.1 Å². The van der Waals surface area contributed by atoms with E-state index in [4.69, 9.17) is 4.74 Å². The number of phenolic OH excluding ortho intramolecular Hbond substituents is 1. The molecule has 2 bridgehead atoms. The third-order valence-corrected chi connectivity index (χ3v) is 10.3. The zero-order valence-electron chi connectivity index (χ0n) is 17.7. The summed E-state index contributed by atoms with van der Waals surface area (Å²) in [5.41, 5.74) is 0.744. The molecular weight excluding hydrogens is 464 g/mol. The van der Waals surface area contributed by atoms with Crippen molar-refractivity contribution in [3.05, 3.63) is 44.4 Å². The molecule has 4 aliphatic rings. The third kappa shape index (κ3) is 2.89. The Morgan fingerprint density at radius 2 is 1.91 bits per heavy atom. The summed E-state index contributed by atoms with van der Waals surface area (Å²) in [7, 11) is 0. The Labute approximate surface area is 197 Å². The van der Waals surface area contributed by atoms with Gasteiger partial charge in [-0.3, -0.25) is 24.1 Å². The average Bonchev–Trinajstić information content (AvgIpc) is 3.50. The number of amides is 2. The van der Waals surface area contributed by atoms with Crippen molar-refractivity contribution in [3.63, 3.8) is 0 Å². The smallest absolute Gasteiger partial charge is 0.326 e. The number of phenols is 1. The van der Waals surface area contributed by atoms with Crippen LogP contribution in [0.5, 0.6) is 5.75 Å². The lowest BCUT2D eigenvalue weighted by molar-refractivity contribution is -0.153. The molecule has 1 aromatic carbocycles. The number of thiazole rings is 1. The third-order valence-electron chi connectivity index (χ3n) is 7.68. The summed E-state index contributed by atoms with van der Waals surface area (Å²) in [6.45, 7) is 1.53. The van der Waals surface area contributed by atoms with Gasteiger partial charge in [0, 0.05) is 21.6 Å². The summed E-state index contributed by atoms with van der Waals surface area (Å²) in [5, 5.41) is 11.5. The Balaban J connectivity index is 1.41. The SMILES string of the molecule is CCOC(=O)CN1C(=O)C2C3CC(C2C1=O)C1C(c2ccccc2O)c2sc(=O)[nH]c2SC31. The van der Waals surface area contributed by atoms with E-state index >= 15 is 0 Å². The number of H-pyrrole nitrogens is 1. The number of aromatic nitrogens is 1. The van der Waals surface area contributed by atoms with Gasteiger partial charge in [-0.05, 0) is 37.2 Å². The number of aromatic hydroxyl groups is 1. The Morgan fingerprint density at radius 1 is 1.18 bits per heavy atom. The van der Waals surface area contributed by atoms with Crippen LogP contribution < -0.4 is 4.87 Å². The van der Waals surface area contributed by atoms with Crippen molar-refractivity contribution in [2.75, 3.05) is 13.2 Å². The van der Waals surface area contributed by atoms with Crippen molar-refractivity contribution in [2.24, 2.45) is 29.6 Å². The van der Waals surface area contributed by atoms with E-state index in [0.29, 0.717) is 0 Å². The summed E-state index contributed by atoms with van der Waals surface area (Å²) in [6.07, 6.45) is 0.756. The number of esters is 1. The zero-order valence-corrected chi connectivity index (χ0v) is 19.4. The number of hydrogen-bond acceptors (Lipinski definition) is 8. The molecule has 2 saturated carbocycles. The quantitative estimate of drug-likeness (QED) is 0.503. The van der Waals surface area contributed by atoms with Gasteiger partial charge in [0.25, 0.3) is 0 Å². The number of carbonyl (C=O) groups excluding carboxylic acids is 3. The molecule has 8 nitrogen and oxygen atoms in total. The minimum atomic E-state index is -0.579. The maximum atomic E-state index is 13.3. The summed E-state index contributed by atoms with van der Waals surface area (Å²) in [6, 6.07) is 7.14. The molecule has 1 saturated heterocycles. The second kappa shape index (κ2) is 7.46. The molecule has 0 spiro atoms. The van der Waals surface area contributed by atoms with Crippen LogP contribution in [0.1, 0.15) is 29.7 Å². The second-order valence-corrected chi connectivity index (χ2v) is 11.3. The molecule has 2 aliphatic carbocycles. The summed E-state index contributed by atoms with van der Waals surface area (Å²) < 4.78 is 4.97. The highest BCUT2D eigenvalue weighted by molar-refractivity contribution is 8.00. The Bertz CT molecular complexity index is 1240. The van der Waals surface area contributed by atoms with Crippen molar-refractivity contribution in [2.45, 2.75) is 29.5 Å². The average molecular weight is 487 g/mol. The Hall–Kier alpha value is -2.59. The normalized spacial score (nSPS) is 33.7. The highest BCUT2D eigenvalue weighted by atomic mass is 32.2. The van der Waals surface area contributed by atoms with Crippen molar-refractivity contribution in [1.29, 1.82) is 0 Å². The molecule has 0 radical (unpaired) electrons. The van der Waals surface area contributed by atoms with E-state index < -0.39 is 17.8 Å². The fourth-order valence-corrected chi connectivity index (χ4v) is 9.55. The van der Waals surface area contributed by atoms with E-state index in [1.165, 1.54) is 0 Å². The van der Waals surface area contributed by atoms with Crippen LogP contribution in [0.2, 0.25) is 0 Å². The fraction of sp³-hybridized carbons (Fsp3) is 0.478. The predicted octanol–water partition coefficient (Wildman–Crippen LogP) is 2.18. The number of ether oxygens (including phenoxy) is 1. The van der Waals surface area contributed by atoms with Crippen LogP contribution in [0.25, 0.3) is 0 Å². The van der Waals surface area contributed by atoms with Crippen LogP contribution in [-0.4, -0.2) is 51.2 Å². The Morgan fingerprint density at radius 3 is 2.64 bits per heavy atom. The number of carbonyl (C=O) groups is 3. The standard InChI is InChI=1S/C23H22N2O6S2/c1-2-31-13(27)8-25-21(28)16-10-7-11(17(16)22(25)29)18-15(10)14(9-5-3-4-6-12(9)26)19-20(32-18)24-23(30)33-19/h3-6,10-11,14-18,26H,2,7-8H2,1H3,(H,24,30). The molecule has 172 valence electrons. The first-order valence-corrected chi connectivity index (χ1v) is 12.8. The number of imide groups is 1. The predicted molar refractivity (Wildman–Crippen MR) is 120 cm³/mol. The molecule has 33 heavy (non-hydrogen) atoms. The van der Waals surface area contributed by atoms with E-state index in [2.05, 4.69) is 4.98 Å². The first kappa shape index (κ1) is 21.0. The molecule has 3 fully saturated rings. The van der Waals surface area contributed by atoms with Gasteiger partial charge in [0.1, 0.15) is 12.3 Å². The number of thioether (sulfide) groups is 1. The van der Waals surface area contributed by atoms with E-state index in [0.717, 1.165) is 38.1 Å². The topological polar surface area (TPSA) is 117 Å². The van der Waals surface area contributed by atoms with Crippen molar-refractivity contribution in [1.82, 2.24) is 9.88 Å². The monoisotopic (exact) mass is 486 g/mol. The molecule has 2 aromatic rings. The van der Waals surface area contributed by atoms with Crippen LogP contribution in [-0.2, 0) is 19.1 Å². The second-order valence-electron chi connectivity index (χ2n) is 9.09. The number of fused-ring (bicyclic) bond motifs is 9. The van der Waals surface area contributed by atoms with E-state index in [9.17, 15) is 24.3 Å². The van der Waals surface area contributed by atoms with Gasteiger partial charge in [-0.1, -0.05) is 29.5 Å². The molecule has 2 aliphatic heterocycles. The Kier molecular flexibility index (Phi) is 4.74. The summed E-state index contributed by atoms with van der Waals surface area (Å²) in [5.74, 6) is -2.21. The van der Waals surface area contributed by atoms with Gasteiger partial charge in [-0.25, -0.2) is 0 Å². The number of aromatic amines is 1. The first-order chi connectivity index (χ1) is 15.9.